The first-order valence-corrected chi connectivity index (χ1v) is 9.56. The predicted molar refractivity (Wildman–Crippen MR) is 104 cm³/mol. The number of nitrogens with zero attached hydrogens (tertiary/aromatic N) is 2. The number of aryl methyl sites for hydroxylation is 1. The maximum atomic E-state index is 12.4. The quantitative estimate of drug-likeness (QED) is 0.702. The molecule has 1 aromatic heterocycles. The number of hydrogen-bond donors (Lipinski definition) is 0. The minimum absolute atomic E-state index is 0.0180. The van der Waals surface area contributed by atoms with E-state index in [0.717, 1.165) is 18.5 Å². The third kappa shape index (κ3) is 5.54. The molecule has 1 fully saturated rings. The summed E-state index contributed by atoms with van der Waals surface area (Å²) in [5.41, 5.74) is 1.51. The average Bonchev–Trinajstić information content (AvgIpc) is 2.67. The number of hydrogen-bond acceptors (Lipinski definition) is 4. The first-order chi connectivity index (χ1) is 13.0. The maximum absolute atomic E-state index is 12.4. The van der Waals surface area contributed by atoms with Crippen LogP contribution in [0.5, 0.6) is 5.88 Å². The molecule has 2 aromatic rings. The van der Waals surface area contributed by atoms with Gasteiger partial charge in [0.05, 0.1) is 0 Å². The van der Waals surface area contributed by atoms with E-state index in [1.165, 1.54) is 0 Å². The lowest BCUT2D eigenvalue weighted by molar-refractivity contribution is -0.132. The van der Waals surface area contributed by atoms with Gasteiger partial charge < -0.3 is 9.64 Å². The summed E-state index contributed by atoms with van der Waals surface area (Å²) in [6.07, 6.45) is 2.05. The van der Waals surface area contributed by atoms with Gasteiger partial charge >= 0.3 is 0 Å². The number of carbonyl (C=O) groups is 2. The zero-order valence-electron chi connectivity index (χ0n) is 15.4. The molecule has 0 aliphatic carbocycles. The van der Waals surface area contributed by atoms with Gasteiger partial charge in [0, 0.05) is 61.1 Å². The van der Waals surface area contributed by atoms with Crippen LogP contribution in [0, 0.1) is 6.92 Å². The molecule has 1 saturated heterocycles. The fraction of sp³-hybridized carbons (Fsp3) is 0.381. The normalized spacial score (nSPS) is 14.8. The number of carbonyl (C=O) groups excluding carboxylic acids is 2. The van der Waals surface area contributed by atoms with Crippen molar-refractivity contribution < 1.29 is 14.3 Å². The highest BCUT2D eigenvalue weighted by Gasteiger charge is 2.24. The van der Waals surface area contributed by atoms with Crippen LogP contribution < -0.4 is 4.74 Å². The fourth-order valence-corrected chi connectivity index (χ4v) is 3.26. The number of aromatic nitrogens is 1. The lowest BCUT2D eigenvalue weighted by Crippen LogP contribution is -2.41. The van der Waals surface area contributed by atoms with Gasteiger partial charge in [-0.25, -0.2) is 4.98 Å². The van der Waals surface area contributed by atoms with E-state index in [4.69, 9.17) is 16.3 Å². The van der Waals surface area contributed by atoms with Gasteiger partial charge in [0.15, 0.2) is 5.78 Å². The Labute approximate surface area is 164 Å². The Bertz CT molecular complexity index is 799. The molecule has 0 unspecified atom stereocenters. The van der Waals surface area contributed by atoms with Crippen LogP contribution in [0.3, 0.4) is 0 Å². The summed E-state index contributed by atoms with van der Waals surface area (Å²) in [6.45, 7) is 3.22. The van der Waals surface area contributed by atoms with Gasteiger partial charge in [0.2, 0.25) is 11.8 Å². The summed E-state index contributed by atoms with van der Waals surface area (Å²) in [5, 5.41) is 0.591. The van der Waals surface area contributed by atoms with E-state index < -0.39 is 0 Å². The largest absolute Gasteiger partial charge is 0.474 e. The number of pyridine rings is 1. The molecular weight excluding hydrogens is 364 g/mol. The van der Waals surface area contributed by atoms with Crippen molar-refractivity contribution in [3.8, 4) is 5.88 Å². The zero-order valence-corrected chi connectivity index (χ0v) is 16.1. The van der Waals surface area contributed by atoms with Crippen LogP contribution in [0.4, 0.5) is 0 Å². The highest BCUT2D eigenvalue weighted by Crippen LogP contribution is 2.19. The lowest BCUT2D eigenvalue weighted by Gasteiger charge is -2.32. The SMILES string of the molecule is Cc1cccc(OC2CCN(C(=O)CCC(=O)c3ccc(Cl)cc3)CC2)n1. The van der Waals surface area contributed by atoms with E-state index in [1.54, 1.807) is 24.3 Å². The van der Waals surface area contributed by atoms with E-state index in [1.807, 2.05) is 30.0 Å². The van der Waals surface area contributed by atoms with E-state index in [0.29, 0.717) is 29.6 Å². The Hall–Kier alpha value is -2.40. The Morgan fingerprint density at radius 1 is 1.11 bits per heavy atom. The summed E-state index contributed by atoms with van der Waals surface area (Å²) in [7, 11) is 0. The number of rotatable bonds is 6. The van der Waals surface area contributed by atoms with Gasteiger partial charge in [0.1, 0.15) is 6.10 Å². The van der Waals surface area contributed by atoms with Crippen LogP contribution >= 0.6 is 11.6 Å². The number of ether oxygens (including phenoxy) is 1. The summed E-state index contributed by atoms with van der Waals surface area (Å²) in [6, 6.07) is 12.5. The number of benzene rings is 1. The van der Waals surface area contributed by atoms with Crippen molar-refractivity contribution >= 4 is 23.3 Å². The van der Waals surface area contributed by atoms with Crippen molar-refractivity contribution in [2.75, 3.05) is 13.1 Å². The lowest BCUT2D eigenvalue weighted by atomic mass is 10.0. The van der Waals surface area contributed by atoms with Crippen molar-refractivity contribution in [2.45, 2.75) is 38.7 Å². The molecule has 0 bridgehead atoms. The van der Waals surface area contributed by atoms with Gasteiger partial charge in [-0.05, 0) is 37.3 Å². The molecule has 1 aliphatic rings. The van der Waals surface area contributed by atoms with Gasteiger partial charge in [-0.1, -0.05) is 17.7 Å². The molecular formula is C21H23ClN2O3. The van der Waals surface area contributed by atoms with Gasteiger partial charge in [-0.15, -0.1) is 0 Å². The highest BCUT2D eigenvalue weighted by molar-refractivity contribution is 6.30. The fourth-order valence-electron chi connectivity index (χ4n) is 3.14. The van der Waals surface area contributed by atoms with Gasteiger partial charge in [-0.2, -0.15) is 0 Å². The standard InChI is InChI=1S/C21H23ClN2O3/c1-15-3-2-4-20(23-15)27-18-11-13-24(14-12-18)21(26)10-9-19(25)16-5-7-17(22)8-6-16/h2-8,18H,9-14H2,1H3. The van der Waals surface area contributed by atoms with Crippen LogP contribution in [-0.4, -0.2) is 40.8 Å². The first-order valence-electron chi connectivity index (χ1n) is 9.18. The van der Waals surface area contributed by atoms with Crippen molar-refractivity contribution in [1.82, 2.24) is 9.88 Å². The number of halogens is 1. The zero-order chi connectivity index (χ0) is 19.2. The number of piperidine rings is 1. The summed E-state index contributed by atoms with van der Waals surface area (Å²) in [4.78, 5) is 30.8. The molecule has 0 atom stereocenters. The van der Waals surface area contributed by atoms with Crippen LogP contribution in [0.15, 0.2) is 42.5 Å². The molecule has 5 nitrogen and oxygen atoms in total. The molecule has 142 valence electrons. The summed E-state index contributed by atoms with van der Waals surface area (Å²) >= 11 is 5.83. The second kappa shape index (κ2) is 9.00. The molecule has 1 aromatic carbocycles. The third-order valence-corrected chi connectivity index (χ3v) is 4.93. The number of Topliss-reactive ketones (excluding diaryl/α,β-unsaturated/α-hetero) is 1. The molecule has 1 aliphatic heterocycles. The Balaban J connectivity index is 1.43. The molecule has 1 amide bonds. The third-order valence-electron chi connectivity index (χ3n) is 4.68. The smallest absolute Gasteiger partial charge is 0.223 e. The minimum Gasteiger partial charge on any atom is -0.474 e. The van der Waals surface area contributed by atoms with E-state index >= 15 is 0 Å². The molecule has 0 spiro atoms. The predicted octanol–water partition coefficient (Wildman–Crippen LogP) is 4.08. The number of amides is 1. The van der Waals surface area contributed by atoms with Crippen LogP contribution in [0.25, 0.3) is 0 Å². The van der Waals surface area contributed by atoms with E-state index in [2.05, 4.69) is 4.98 Å². The monoisotopic (exact) mass is 386 g/mol. The van der Waals surface area contributed by atoms with E-state index in [9.17, 15) is 9.59 Å². The van der Waals surface area contributed by atoms with Crippen molar-refractivity contribution in [2.24, 2.45) is 0 Å². The Kier molecular flexibility index (Phi) is 6.45. The topological polar surface area (TPSA) is 59.5 Å². The Morgan fingerprint density at radius 3 is 2.48 bits per heavy atom. The molecule has 2 heterocycles. The molecule has 0 saturated carbocycles. The van der Waals surface area contributed by atoms with E-state index in [-0.39, 0.29) is 30.6 Å². The number of likely N-dealkylation sites (tertiary alicyclic amines) is 1. The average molecular weight is 387 g/mol. The number of ketones is 1. The van der Waals surface area contributed by atoms with Gasteiger partial charge in [-0.3, -0.25) is 9.59 Å². The minimum atomic E-state index is -0.0382. The van der Waals surface area contributed by atoms with Crippen molar-refractivity contribution in [3.63, 3.8) is 0 Å². The van der Waals surface area contributed by atoms with Gasteiger partial charge in [0.25, 0.3) is 0 Å². The summed E-state index contributed by atoms with van der Waals surface area (Å²) in [5.74, 6) is 0.613. The van der Waals surface area contributed by atoms with Crippen molar-refractivity contribution in [3.05, 3.63) is 58.7 Å². The van der Waals surface area contributed by atoms with Crippen LogP contribution in [0.1, 0.15) is 41.7 Å². The van der Waals surface area contributed by atoms with Crippen LogP contribution in [-0.2, 0) is 4.79 Å². The molecule has 6 heteroatoms. The molecule has 27 heavy (non-hydrogen) atoms. The highest BCUT2D eigenvalue weighted by atomic mass is 35.5. The second-order valence-electron chi connectivity index (χ2n) is 6.75. The molecule has 0 radical (unpaired) electrons. The Morgan fingerprint density at radius 2 is 1.81 bits per heavy atom. The summed E-state index contributed by atoms with van der Waals surface area (Å²) < 4.78 is 5.92. The second-order valence-corrected chi connectivity index (χ2v) is 7.18. The molecule has 3 rings (SSSR count). The van der Waals surface area contributed by atoms with Crippen molar-refractivity contribution in [1.29, 1.82) is 0 Å². The maximum Gasteiger partial charge on any atom is 0.223 e. The first kappa shape index (κ1) is 19.4. The van der Waals surface area contributed by atoms with Crippen LogP contribution in [0.2, 0.25) is 5.02 Å². The molecule has 0 N–H and O–H groups in total.